The van der Waals surface area contributed by atoms with E-state index in [-0.39, 0.29) is 0 Å². The molecule has 0 aliphatic carbocycles. The van der Waals surface area contributed by atoms with Gasteiger partial charge in [0.2, 0.25) is 0 Å². The van der Waals surface area contributed by atoms with Gasteiger partial charge in [0.25, 0.3) is 0 Å². The smallest absolute Gasteiger partial charge is 0.0922 e. The predicted octanol–water partition coefficient (Wildman–Crippen LogP) is 3.69. The lowest BCUT2D eigenvalue weighted by Gasteiger charge is -2.11. The number of H-pyrrole nitrogens is 1. The SMILES string of the molecule is c1ccc(-c2ccccc2NCc2cnc[nH]2)cc1. The summed E-state index contributed by atoms with van der Waals surface area (Å²) in [5.41, 5.74) is 4.63. The Bertz CT molecular complexity index is 630. The van der Waals surface area contributed by atoms with Crippen LogP contribution < -0.4 is 5.32 Å². The highest BCUT2D eigenvalue weighted by Gasteiger charge is 2.03. The summed E-state index contributed by atoms with van der Waals surface area (Å²) in [5.74, 6) is 0. The van der Waals surface area contributed by atoms with Gasteiger partial charge in [-0.15, -0.1) is 0 Å². The van der Waals surface area contributed by atoms with E-state index in [4.69, 9.17) is 0 Å². The zero-order valence-electron chi connectivity index (χ0n) is 10.5. The summed E-state index contributed by atoms with van der Waals surface area (Å²) < 4.78 is 0. The van der Waals surface area contributed by atoms with Crippen LogP contribution in [0.25, 0.3) is 11.1 Å². The third-order valence-corrected chi connectivity index (χ3v) is 3.04. The van der Waals surface area contributed by atoms with E-state index in [0.717, 1.165) is 17.9 Å². The molecule has 2 aromatic carbocycles. The molecule has 0 radical (unpaired) electrons. The maximum absolute atomic E-state index is 4.02. The minimum absolute atomic E-state index is 0.740. The molecule has 94 valence electrons. The fourth-order valence-corrected chi connectivity index (χ4v) is 2.08. The summed E-state index contributed by atoms with van der Waals surface area (Å²) in [6, 6.07) is 18.7. The molecule has 3 heteroatoms. The fraction of sp³-hybridized carbons (Fsp3) is 0.0625. The van der Waals surface area contributed by atoms with Crippen molar-refractivity contribution in [2.75, 3.05) is 5.32 Å². The minimum Gasteiger partial charge on any atom is -0.379 e. The van der Waals surface area contributed by atoms with E-state index in [1.165, 1.54) is 11.1 Å². The Hall–Kier alpha value is -2.55. The van der Waals surface area contributed by atoms with Gasteiger partial charge in [0.1, 0.15) is 0 Å². The van der Waals surface area contributed by atoms with Crippen molar-refractivity contribution in [3.05, 3.63) is 72.8 Å². The second kappa shape index (κ2) is 5.40. The van der Waals surface area contributed by atoms with Gasteiger partial charge in [-0.1, -0.05) is 48.5 Å². The highest BCUT2D eigenvalue weighted by molar-refractivity contribution is 5.77. The quantitative estimate of drug-likeness (QED) is 0.740. The van der Waals surface area contributed by atoms with Crippen LogP contribution in [0.5, 0.6) is 0 Å². The molecule has 0 bridgehead atoms. The Morgan fingerprint density at radius 2 is 1.74 bits per heavy atom. The molecule has 0 fully saturated rings. The molecule has 0 aliphatic heterocycles. The van der Waals surface area contributed by atoms with Gasteiger partial charge in [-0.05, 0) is 11.6 Å². The van der Waals surface area contributed by atoms with Crippen molar-refractivity contribution in [2.45, 2.75) is 6.54 Å². The minimum atomic E-state index is 0.740. The molecular formula is C16H15N3. The van der Waals surface area contributed by atoms with Gasteiger partial charge in [-0.2, -0.15) is 0 Å². The molecule has 3 nitrogen and oxygen atoms in total. The zero-order chi connectivity index (χ0) is 12.9. The largest absolute Gasteiger partial charge is 0.379 e. The number of aromatic nitrogens is 2. The van der Waals surface area contributed by atoms with E-state index in [2.05, 4.69) is 57.7 Å². The lowest BCUT2D eigenvalue weighted by atomic mass is 10.0. The Morgan fingerprint density at radius 1 is 0.947 bits per heavy atom. The maximum Gasteiger partial charge on any atom is 0.0922 e. The number of para-hydroxylation sites is 1. The summed E-state index contributed by atoms with van der Waals surface area (Å²) in [4.78, 5) is 7.11. The van der Waals surface area contributed by atoms with Gasteiger partial charge in [-0.25, -0.2) is 4.98 Å². The van der Waals surface area contributed by atoms with Crippen LogP contribution in [0.15, 0.2) is 67.1 Å². The van der Waals surface area contributed by atoms with E-state index >= 15 is 0 Å². The molecule has 0 saturated carbocycles. The lowest BCUT2D eigenvalue weighted by molar-refractivity contribution is 1.07. The first-order valence-corrected chi connectivity index (χ1v) is 6.29. The van der Waals surface area contributed by atoms with Crippen LogP contribution >= 0.6 is 0 Å². The zero-order valence-corrected chi connectivity index (χ0v) is 10.5. The van der Waals surface area contributed by atoms with Gasteiger partial charge in [0, 0.05) is 17.4 Å². The van der Waals surface area contributed by atoms with Crippen molar-refractivity contribution in [3.8, 4) is 11.1 Å². The Labute approximate surface area is 112 Å². The van der Waals surface area contributed by atoms with Crippen molar-refractivity contribution in [1.29, 1.82) is 0 Å². The van der Waals surface area contributed by atoms with Crippen molar-refractivity contribution in [1.82, 2.24) is 9.97 Å². The monoisotopic (exact) mass is 249 g/mol. The number of rotatable bonds is 4. The second-order valence-electron chi connectivity index (χ2n) is 4.34. The summed E-state index contributed by atoms with van der Waals surface area (Å²) in [5, 5.41) is 3.44. The highest BCUT2D eigenvalue weighted by atomic mass is 14.9. The van der Waals surface area contributed by atoms with E-state index in [0.29, 0.717) is 0 Å². The first-order chi connectivity index (χ1) is 9.43. The fourth-order valence-electron chi connectivity index (χ4n) is 2.08. The topological polar surface area (TPSA) is 40.7 Å². The van der Waals surface area contributed by atoms with E-state index in [1.807, 2.05) is 18.3 Å². The number of imidazole rings is 1. The van der Waals surface area contributed by atoms with Crippen molar-refractivity contribution in [3.63, 3.8) is 0 Å². The highest BCUT2D eigenvalue weighted by Crippen LogP contribution is 2.27. The number of nitrogens with zero attached hydrogens (tertiary/aromatic N) is 1. The average molecular weight is 249 g/mol. The molecule has 3 aromatic rings. The van der Waals surface area contributed by atoms with Crippen molar-refractivity contribution in [2.24, 2.45) is 0 Å². The van der Waals surface area contributed by atoms with Gasteiger partial charge in [-0.3, -0.25) is 0 Å². The molecule has 0 saturated heterocycles. The molecule has 0 unspecified atom stereocenters. The number of nitrogens with one attached hydrogen (secondary N) is 2. The van der Waals surface area contributed by atoms with E-state index in [1.54, 1.807) is 6.33 Å². The third-order valence-electron chi connectivity index (χ3n) is 3.04. The molecule has 0 amide bonds. The molecule has 1 heterocycles. The Balaban J connectivity index is 1.85. The molecule has 2 N–H and O–H groups in total. The van der Waals surface area contributed by atoms with Crippen LogP contribution in [0.1, 0.15) is 5.69 Å². The van der Waals surface area contributed by atoms with E-state index in [9.17, 15) is 0 Å². The number of hydrogen-bond donors (Lipinski definition) is 2. The second-order valence-corrected chi connectivity index (χ2v) is 4.34. The molecule has 0 atom stereocenters. The molecule has 0 aliphatic rings. The van der Waals surface area contributed by atoms with Crippen LogP contribution in [-0.2, 0) is 6.54 Å². The van der Waals surface area contributed by atoms with Gasteiger partial charge < -0.3 is 10.3 Å². The molecule has 3 rings (SSSR count). The standard InChI is InChI=1S/C16H15N3/c1-2-6-13(7-3-1)15-8-4-5-9-16(15)18-11-14-10-17-12-19-14/h1-10,12,18H,11H2,(H,17,19). The van der Waals surface area contributed by atoms with Crippen LogP contribution in [0.2, 0.25) is 0 Å². The number of aromatic amines is 1. The molecular weight excluding hydrogens is 234 g/mol. The predicted molar refractivity (Wildman–Crippen MR) is 77.8 cm³/mol. The summed E-state index contributed by atoms with van der Waals surface area (Å²) >= 11 is 0. The summed E-state index contributed by atoms with van der Waals surface area (Å²) in [7, 11) is 0. The van der Waals surface area contributed by atoms with E-state index < -0.39 is 0 Å². The number of hydrogen-bond acceptors (Lipinski definition) is 2. The number of anilines is 1. The van der Waals surface area contributed by atoms with Crippen LogP contribution in [0.4, 0.5) is 5.69 Å². The average Bonchev–Trinajstić information content (AvgIpc) is 3.00. The summed E-state index contributed by atoms with van der Waals surface area (Å²) in [6.07, 6.45) is 3.53. The lowest BCUT2D eigenvalue weighted by Crippen LogP contribution is -2.00. The first-order valence-electron chi connectivity index (χ1n) is 6.29. The maximum atomic E-state index is 4.02. The van der Waals surface area contributed by atoms with Gasteiger partial charge in [0.05, 0.1) is 18.6 Å². The molecule has 19 heavy (non-hydrogen) atoms. The van der Waals surface area contributed by atoms with Crippen LogP contribution in [0.3, 0.4) is 0 Å². The normalized spacial score (nSPS) is 10.3. The molecule has 1 aromatic heterocycles. The van der Waals surface area contributed by atoms with Crippen molar-refractivity contribution < 1.29 is 0 Å². The summed E-state index contributed by atoms with van der Waals surface area (Å²) in [6.45, 7) is 0.740. The number of benzene rings is 2. The Morgan fingerprint density at radius 3 is 2.53 bits per heavy atom. The van der Waals surface area contributed by atoms with Gasteiger partial charge >= 0.3 is 0 Å². The van der Waals surface area contributed by atoms with Crippen LogP contribution in [0, 0.1) is 0 Å². The van der Waals surface area contributed by atoms with Crippen LogP contribution in [-0.4, -0.2) is 9.97 Å². The molecule has 0 spiro atoms. The van der Waals surface area contributed by atoms with Crippen molar-refractivity contribution >= 4 is 5.69 Å². The van der Waals surface area contributed by atoms with Gasteiger partial charge in [0.15, 0.2) is 0 Å². The third kappa shape index (κ3) is 2.65. The first kappa shape index (κ1) is 11.5. The Kier molecular flexibility index (Phi) is 3.28.